The van der Waals surface area contributed by atoms with E-state index >= 15 is 0 Å². The van der Waals surface area contributed by atoms with Gasteiger partial charge in [0.2, 0.25) is 0 Å². The Morgan fingerprint density at radius 1 is 1.62 bits per heavy atom. The summed E-state index contributed by atoms with van der Waals surface area (Å²) in [6, 6.07) is 4.72. The van der Waals surface area contributed by atoms with Crippen molar-refractivity contribution in [2.75, 3.05) is 16.9 Å². The number of anilines is 2. The third-order valence-corrected chi connectivity index (χ3v) is 2.14. The van der Waals surface area contributed by atoms with Crippen molar-refractivity contribution in [3.05, 3.63) is 36.3 Å². The summed E-state index contributed by atoms with van der Waals surface area (Å²) in [6.45, 7) is 6.46. The van der Waals surface area contributed by atoms with Crippen LogP contribution in [-0.2, 0) is 0 Å². The highest BCUT2D eigenvalue weighted by molar-refractivity contribution is 5.76. The van der Waals surface area contributed by atoms with Gasteiger partial charge >= 0.3 is 0 Å². The number of hydrogen-bond acceptors (Lipinski definition) is 2. The van der Waals surface area contributed by atoms with Gasteiger partial charge in [-0.25, -0.2) is 4.39 Å². The molecule has 0 fully saturated rings. The molecule has 2 rings (SSSR count). The summed E-state index contributed by atoms with van der Waals surface area (Å²) in [5.74, 6) is -0.213. The molecule has 1 aliphatic rings. The first-order valence-corrected chi connectivity index (χ1v) is 4.15. The topological polar surface area (TPSA) is 15.3 Å². The minimum Gasteiger partial charge on any atom is -0.366 e. The van der Waals surface area contributed by atoms with Gasteiger partial charge in [0.1, 0.15) is 5.82 Å². The quantitative estimate of drug-likeness (QED) is 0.711. The SMILES string of the molecule is C=C(C)N1CNc2cc(F)ccc21. The number of nitrogens with one attached hydrogen (secondary N) is 1. The molecule has 1 heterocycles. The molecular weight excluding hydrogens is 167 g/mol. The molecule has 3 heteroatoms. The van der Waals surface area contributed by atoms with Crippen molar-refractivity contribution in [2.45, 2.75) is 6.92 Å². The van der Waals surface area contributed by atoms with Crippen LogP contribution in [0, 0.1) is 5.82 Å². The molecule has 0 saturated heterocycles. The van der Waals surface area contributed by atoms with Crippen LogP contribution < -0.4 is 10.2 Å². The van der Waals surface area contributed by atoms with E-state index in [-0.39, 0.29) is 5.82 Å². The lowest BCUT2D eigenvalue weighted by Gasteiger charge is -2.16. The van der Waals surface area contributed by atoms with Gasteiger partial charge in [0.05, 0.1) is 18.0 Å². The molecule has 0 unspecified atom stereocenters. The van der Waals surface area contributed by atoms with Gasteiger partial charge in [-0.05, 0) is 25.1 Å². The van der Waals surface area contributed by atoms with Crippen LogP contribution in [0.15, 0.2) is 30.5 Å². The Kier molecular flexibility index (Phi) is 1.72. The van der Waals surface area contributed by atoms with E-state index < -0.39 is 0 Å². The van der Waals surface area contributed by atoms with Crippen molar-refractivity contribution in [3.8, 4) is 0 Å². The Bertz CT molecular complexity index is 360. The van der Waals surface area contributed by atoms with Gasteiger partial charge < -0.3 is 10.2 Å². The molecule has 0 spiro atoms. The first kappa shape index (κ1) is 8.10. The molecule has 0 bridgehead atoms. The number of hydrogen-bond donors (Lipinski definition) is 1. The molecule has 13 heavy (non-hydrogen) atoms. The zero-order valence-electron chi connectivity index (χ0n) is 7.47. The molecular formula is C10H11FN2. The second-order valence-corrected chi connectivity index (χ2v) is 3.16. The van der Waals surface area contributed by atoms with Crippen molar-refractivity contribution >= 4 is 11.4 Å². The summed E-state index contributed by atoms with van der Waals surface area (Å²) in [6.07, 6.45) is 0. The van der Waals surface area contributed by atoms with E-state index in [0.717, 1.165) is 17.1 Å². The van der Waals surface area contributed by atoms with Gasteiger partial charge in [-0.1, -0.05) is 6.58 Å². The maximum absolute atomic E-state index is 12.8. The summed E-state index contributed by atoms with van der Waals surface area (Å²) < 4.78 is 12.8. The fourth-order valence-electron chi connectivity index (χ4n) is 1.48. The lowest BCUT2D eigenvalue weighted by Crippen LogP contribution is -2.19. The molecule has 1 N–H and O–H groups in total. The summed E-state index contributed by atoms with van der Waals surface area (Å²) in [5, 5.41) is 3.10. The van der Waals surface area contributed by atoms with Crippen molar-refractivity contribution < 1.29 is 4.39 Å². The van der Waals surface area contributed by atoms with Gasteiger partial charge in [0.15, 0.2) is 0 Å². The first-order valence-electron chi connectivity index (χ1n) is 4.15. The third kappa shape index (κ3) is 1.26. The fraction of sp³-hybridized carbons (Fsp3) is 0.200. The predicted molar refractivity (Wildman–Crippen MR) is 52.2 cm³/mol. The van der Waals surface area contributed by atoms with Crippen LogP contribution in [-0.4, -0.2) is 6.67 Å². The molecule has 0 saturated carbocycles. The number of halogens is 1. The summed E-state index contributed by atoms with van der Waals surface area (Å²) in [4.78, 5) is 2.01. The van der Waals surface area contributed by atoms with Crippen molar-refractivity contribution in [3.63, 3.8) is 0 Å². The van der Waals surface area contributed by atoms with E-state index in [1.165, 1.54) is 12.1 Å². The van der Waals surface area contributed by atoms with E-state index in [2.05, 4.69) is 11.9 Å². The van der Waals surface area contributed by atoms with Crippen molar-refractivity contribution in [1.82, 2.24) is 0 Å². The van der Waals surface area contributed by atoms with Crippen LogP contribution in [0.5, 0.6) is 0 Å². The first-order chi connectivity index (χ1) is 6.18. The molecule has 1 aromatic carbocycles. The lowest BCUT2D eigenvalue weighted by atomic mass is 10.2. The maximum Gasteiger partial charge on any atom is 0.125 e. The molecule has 2 nitrogen and oxygen atoms in total. The highest BCUT2D eigenvalue weighted by Gasteiger charge is 2.18. The van der Waals surface area contributed by atoms with Crippen molar-refractivity contribution in [2.24, 2.45) is 0 Å². The number of nitrogens with zero attached hydrogens (tertiary/aromatic N) is 1. The number of rotatable bonds is 1. The summed E-state index contributed by atoms with van der Waals surface area (Å²) >= 11 is 0. The molecule has 1 aliphatic heterocycles. The average molecular weight is 178 g/mol. The minimum atomic E-state index is -0.213. The Morgan fingerprint density at radius 2 is 2.38 bits per heavy atom. The Hall–Kier alpha value is -1.51. The van der Waals surface area contributed by atoms with Crippen molar-refractivity contribution in [1.29, 1.82) is 0 Å². The predicted octanol–water partition coefficient (Wildman–Crippen LogP) is 2.55. The average Bonchev–Trinajstić information content (AvgIpc) is 2.46. The second kappa shape index (κ2) is 2.76. The van der Waals surface area contributed by atoms with E-state index in [4.69, 9.17) is 0 Å². The van der Waals surface area contributed by atoms with Gasteiger partial charge in [0, 0.05) is 5.70 Å². The normalized spacial score (nSPS) is 13.8. The van der Waals surface area contributed by atoms with E-state index in [1.807, 2.05) is 11.8 Å². The van der Waals surface area contributed by atoms with Crippen LogP contribution >= 0.6 is 0 Å². The highest BCUT2D eigenvalue weighted by atomic mass is 19.1. The largest absolute Gasteiger partial charge is 0.366 e. The standard InChI is InChI=1S/C10H11FN2/c1-7(2)13-6-12-9-5-8(11)3-4-10(9)13/h3-5,12H,1,6H2,2H3. The monoisotopic (exact) mass is 178 g/mol. The van der Waals surface area contributed by atoms with Crippen LogP contribution in [0.1, 0.15) is 6.92 Å². The number of allylic oxidation sites excluding steroid dienone is 1. The van der Waals surface area contributed by atoms with Gasteiger partial charge in [0.25, 0.3) is 0 Å². The molecule has 1 aromatic rings. The smallest absolute Gasteiger partial charge is 0.125 e. The number of benzene rings is 1. The molecule has 0 aromatic heterocycles. The molecule has 0 atom stereocenters. The minimum absolute atomic E-state index is 0.213. The zero-order chi connectivity index (χ0) is 9.42. The summed E-state index contributed by atoms with van der Waals surface area (Å²) in [5.41, 5.74) is 2.79. The Labute approximate surface area is 76.7 Å². The van der Waals surface area contributed by atoms with Gasteiger partial charge in [-0.3, -0.25) is 0 Å². The number of fused-ring (bicyclic) bond motifs is 1. The molecule has 0 amide bonds. The highest BCUT2D eigenvalue weighted by Crippen LogP contribution is 2.33. The van der Waals surface area contributed by atoms with E-state index in [9.17, 15) is 4.39 Å². The van der Waals surface area contributed by atoms with E-state index in [1.54, 1.807) is 6.07 Å². The maximum atomic E-state index is 12.8. The molecule has 0 aliphatic carbocycles. The second-order valence-electron chi connectivity index (χ2n) is 3.16. The van der Waals surface area contributed by atoms with Crippen LogP contribution in [0.4, 0.5) is 15.8 Å². The van der Waals surface area contributed by atoms with Crippen LogP contribution in [0.25, 0.3) is 0 Å². The Balaban J connectivity index is 2.44. The lowest BCUT2D eigenvalue weighted by molar-refractivity contribution is 0.628. The van der Waals surface area contributed by atoms with Gasteiger partial charge in [-0.2, -0.15) is 0 Å². The summed E-state index contributed by atoms with van der Waals surface area (Å²) in [7, 11) is 0. The molecule has 68 valence electrons. The van der Waals surface area contributed by atoms with Gasteiger partial charge in [-0.15, -0.1) is 0 Å². The Morgan fingerprint density at radius 3 is 3.08 bits per heavy atom. The van der Waals surface area contributed by atoms with Crippen LogP contribution in [0.2, 0.25) is 0 Å². The van der Waals surface area contributed by atoms with Crippen LogP contribution in [0.3, 0.4) is 0 Å². The third-order valence-electron chi connectivity index (χ3n) is 2.14. The fourth-order valence-corrected chi connectivity index (χ4v) is 1.48. The molecule has 0 radical (unpaired) electrons. The van der Waals surface area contributed by atoms with E-state index in [0.29, 0.717) is 6.67 Å². The zero-order valence-corrected chi connectivity index (χ0v) is 7.47.